The zero-order chi connectivity index (χ0) is 24.5. The molecule has 9 heteroatoms. The Morgan fingerprint density at radius 3 is 2.60 bits per heavy atom. The highest BCUT2D eigenvalue weighted by molar-refractivity contribution is 7.26. The Morgan fingerprint density at radius 1 is 1.11 bits per heavy atom. The standard InChI is InChI=1S/C16H16ClN5OS.C8H15N.C2H6/c1-23-16-20-14(22-6-8-2-3-9(7-22)19-8)11-10-4-5-18-13(17)12(10)24-15(11)21-16;1-7-5-8-3-2-4-9(8)6-7;1-2/h4-5,8-9,19H,2-3,6-7H2,1H3;7-8H,2-6H2,1H3;1-2H3. The van der Waals surface area contributed by atoms with E-state index in [0.29, 0.717) is 23.2 Å². The molecule has 4 atom stereocenters. The molecule has 0 radical (unpaired) electrons. The average molecular weight is 517 g/mol. The number of nitrogens with one attached hydrogen (secondary N) is 1. The summed E-state index contributed by atoms with van der Waals surface area (Å²) in [6, 6.07) is 4.46. The van der Waals surface area contributed by atoms with E-state index in [1.54, 1.807) is 24.6 Å². The normalized spacial score (nSPS) is 27.4. The van der Waals surface area contributed by atoms with Gasteiger partial charge < -0.3 is 19.9 Å². The van der Waals surface area contributed by atoms with Crippen molar-refractivity contribution in [1.82, 2.24) is 25.2 Å². The highest BCUT2D eigenvalue weighted by atomic mass is 35.5. The molecule has 7 rings (SSSR count). The Morgan fingerprint density at radius 2 is 1.89 bits per heavy atom. The molecular formula is C26H37ClN6OS. The molecule has 4 aliphatic heterocycles. The third-order valence-electron chi connectivity index (χ3n) is 7.58. The van der Waals surface area contributed by atoms with Crippen molar-refractivity contribution in [1.29, 1.82) is 0 Å². The largest absolute Gasteiger partial charge is 0.467 e. The Hall–Kier alpha value is -1.74. The van der Waals surface area contributed by atoms with Crippen LogP contribution in [0.15, 0.2) is 12.3 Å². The summed E-state index contributed by atoms with van der Waals surface area (Å²) in [5, 5.41) is 6.30. The molecule has 3 aromatic heterocycles. The number of fused-ring (bicyclic) bond motifs is 6. The molecule has 0 amide bonds. The van der Waals surface area contributed by atoms with Crippen molar-refractivity contribution < 1.29 is 4.74 Å². The lowest BCUT2D eigenvalue weighted by Gasteiger charge is -2.34. The average Bonchev–Trinajstić information content (AvgIpc) is 3.63. The molecule has 4 unspecified atom stereocenters. The molecule has 4 aliphatic rings. The third kappa shape index (κ3) is 4.95. The second-order valence-electron chi connectivity index (χ2n) is 9.97. The maximum atomic E-state index is 6.29. The number of rotatable bonds is 2. The highest BCUT2D eigenvalue weighted by Gasteiger charge is 2.34. The van der Waals surface area contributed by atoms with E-state index in [9.17, 15) is 0 Å². The second kappa shape index (κ2) is 10.7. The fraction of sp³-hybridized carbons (Fsp3) is 0.654. The van der Waals surface area contributed by atoms with E-state index in [-0.39, 0.29) is 0 Å². The molecular weight excluding hydrogens is 480 g/mol. The van der Waals surface area contributed by atoms with Crippen LogP contribution >= 0.6 is 22.9 Å². The summed E-state index contributed by atoms with van der Waals surface area (Å²) in [7, 11) is 1.61. The first-order valence-corrected chi connectivity index (χ1v) is 14.3. The van der Waals surface area contributed by atoms with Crippen molar-refractivity contribution >= 4 is 49.1 Å². The Balaban J connectivity index is 0.000000192. The van der Waals surface area contributed by atoms with Gasteiger partial charge in [0.15, 0.2) is 0 Å². The van der Waals surface area contributed by atoms with Gasteiger partial charge in [-0.2, -0.15) is 9.97 Å². The van der Waals surface area contributed by atoms with Crippen LogP contribution in [0.2, 0.25) is 5.15 Å². The number of anilines is 1. The van der Waals surface area contributed by atoms with Gasteiger partial charge in [-0.25, -0.2) is 4.98 Å². The van der Waals surface area contributed by atoms with Crippen molar-refractivity contribution in [3.63, 3.8) is 0 Å². The van der Waals surface area contributed by atoms with Crippen molar-refractivity contribution in [2.75, 3.05) is 38.2 Å². The van der Waals surface area contributed by atoms with E-state index < -0.39 is 0 Å². The maximum absolute atomic E-state index is 6.29. The number of thiophene rings is 1. The minimum Gasteiger partial charge on any atom is -0.467 e. The Kier molecular flexibility index (Phi) is 7.63. The number of aromatic nitrogens is 3. The molecule has 4 saturated heterocycles. The molecule has 0 aliphatic carbocycles. The van der Waals surface area contributed by atoms with E-state index in [2.05, 4.69) is 32.0 Å². The zero-order valence-electron chi connectivity index (χ0n) is 21.3. The first kappa shape index (κ1) is 24.9. The predicted molar refractivity (Wildman–Crippen MR) is 146 cm³/mol. The molecule has 190 valence electrons. The summed E-state index contributed by atoms with van der Waals surface area (Å²) < 4.78 is 6.30. The fourth-order valence-electron chi connectivity index (χ4n) is 6.16. The topological polar surface area (TPSA) is 66.4 Å². The van der Waals surface area contributed by atoms with Gasteiger partial charge in [-0.15, -0.1) is 11.3 Å². The SMILES string of the molecule is CC.CC1CC2CCCN2C1.COc1nc(N2CC3CCC(C2)N3)c2c(n1)sc1c(Cl)nccc12. The summed E-state index contributed by atoms with van der Waals surface area (Å²) in [5.41, 5.74) is 0. The van der Waals surface area contributed by atoms with Gasteiger partial charge in [0.05, 0.1) is 17.2 Å². The van der Waals surface area contributed by atoms with Crippen LogP contribution in [0.4, 0.5) is 5.82 Å². The van der Waals surface area contributed by atoms with Crippen LogP contribution in [-0.2, 0) is 0 Å². The lowest BCUT2D eigenvalue weighted by Crippen LogP contribution is -2.51. The number of hydrogen-bond donors (Lipinski definition) is 1. The van der Waals surface area contributed by atoms with Crippen LogP contribution < -0.4 is 15.0 Å². The molecule has 0 spiro atoms. The number of methoxy groups -OCH3 is 1. The summed E-state index contributed by atoms with van der Waals surface area (Å²) in [6.45, 7) is 11.1. The minimum atomic E-state index is 0.402. The van der Waals surface area contributed by atoms with Crippen LogP contribution in [0.1, 0.15) is 52.9 Å². The molecule has 2 bridgehead atoms. The first-order chi connectivity index (χ1) is 17.1. The van der Waals surface area contributed by atoms with Gasteiger partial charge in [-0.1, -0.05) is 32.4 Å². The van der Waals surface area contributed by atoms with Crippen molar-refractivity contribution in [3.05, 3.63) is 17.4 Å². The van der Waals surface area contributed by atoms with Crippen LogP contribution in [0, 0.1) is 5.92 Å². The molecule has 0 aromatic carbocycles. The number of nitrogens with zero attached hydrogens (tertiary/aromatic N) is 5. The molecule has 7 nitrogen and oxygen atoms in total. The Labute approximate surface area is 217 Å². The summed E-state index contributed by atoms with van der Waals surface area (Å²) in [6.07, 6.45) is 8.60. The van der Waals surface area contributed by atoms with Crippen LogP contribution in [0.3, 0.4) is 0 Å². The van der Waals surface area contributed by atoms with E-state index in [0.717, 1.165) is 51.2 Å². The van der Waals surface area contributed by atoms with Crippen LogP contribution in [0.25, 0.3) is 20.3 Å². The molecule has 3 aromatic rings. The number of pyridine rings is 1. The van der Waals surface area contributed by atoms with Crippen LogP contribution in [0.5, 0.6) is 6.01 Å². The lowest BCUT2D eigenvalue weighted by molar-refractivity contribution is 0.319. The van der Waals surface area contributed by atoms with Gasteiger partial charge in [0.25, 0.3) is 0 Å². The highest BCUT2D eigenvalue weighted by Crippen LogP contribution is 2.41. The number of piperazine rings is 1. The zero-order valence-corrected chi connectivity index (χ0v) is 22.8. The molecule has 1 N–H and O–H groups in total. The number of ether oxygens (including phenoxy) is 1. The monoisotopic (exact) mass is 516 g/mol. The summed E-state index contributed by atoms with van der Waals surface area (Å²) >= 11 is 7.84. The quantitative estimate of drug-likeness (QED) is 0.460. The van der Waals surface area contributed by atoms with E-state index in [4.69, 9.17) is 21.3 Å². The number of hydrogen-bond acceptors (Lipinski definition) is 8. The third-order valence-corrected chi connectivity index (χ3v) is 9.09. The van der Waals surface area contributed by atoms with Gasteiger partial charge >= 0.3 is 6.01 Å². The van der Waals surface area contributed by atoms with E-state index in [1.165, 1.54) is 45.2 Å². The minimum absolute atomic E-state index is 0.402. The number of halogens is 1. The molecule has 35 heavy (non-hydrogen) atoms. The second-order valence-corrected chi connectivity index (χ2v) is 11.3. The van der Waals surface area contributed by atoms with Gasteiger partial charge in [0.2, 0.25) is 0 Å². The Bertz CT molecular complexity index is 1150. The fourth-order valence-corrected chi connectivity index (χ4v) is 7.48. The molecule has 4 fully saturated rings. The van der Waals surface area contributed by atoms with Gasteiger partial charge in [0, 0.05) is 49.3 Å². The van der Waals surface area contributed by atoms with Crippen molar-refractivity contribution in [2.24, 2.45) is 5.92 Å². The van der Waals surface area contributed by atoms with Crippen molar-refractivity contribution in [2.45, 2.75) is 71.0 Å². The lowest BCUT2D eigenvalue weighted by atomic mass is 10.1. The summed E-state index contributed by atoms with van der Waals surface area (Å²) in [5.74, 6) is 1.93. The molecule has 0 saturated carbocycles. The van der Waals surface area contributed by atoms with E-state index >= 15 is 0 Å². The molecule has 7 heterocycles. The van der Waals surface area contributed by atoms with Gasteiger partial charge in [-0.3, -0.25) is 0 Å². The maximum Gasteiger partial charge on any atom is 0.319 e. The van der Waals surface area contributed by atoms with Gasteiger partial charge in [0.1, 0.15) is 15.8 Å². The first-order valence-electron chi connectivity index (χ1n) is 13.1. The van der Waals surface area contributed by atoms with E-state index in [1.807, 2.05) is 19.9 Å². The smallest absolute Gasteiger partial charge is 0.319 e. The van der Waals surface area contributed by atoms with Crippen molar-refractivity contribution in [3.8, 4) is 6.01 Å². The predicted octanol–water partition coefficient (Wildman–Crippen LogP) is 5.36. The van der Waals surface area contributed by atoms with Crippen LogP contribution in [-0.4, -0.2) is 71.3 Å². The summed E-state index contributed by atoms with van der Waals surface area (Å²) in [4.78, 5) is 19.4. The van der Waals surface area contributed by atoms with Gasteiger partial charge in [-0.05, 0) is 50.6 Å².